The molecule has 1 aromatic carbocycles. The third-order valence-electron chi connectivity index (χ3n) is 3.12. The molecule has 0 saturated carbocycles. The topological polar surface area (TPSA) is 102 Å². The first-order valence-corrected chi connectivity index (χ1v) is 6.29. The molecule has 112 valence electrons. The van der Waals surface area contributed by atoms with E-state index in [-0.39, 0.29) is 23.6 Å². The molecule has 0 saturated heterocycles. The number of nitrogens with one attached hydrogen (secondary N) is 1. The van der Waals surface area contributed by atoms with Crippen molar-refractivity contribution in [3.63, 3.8) is 0 Å². The minimum atomic E-state index is -0.670. The van der Waals surface area contributed by atoms with Crippen molar-refractivity contribution < 1.29 is 14.5 Å². The summed E-state index contributed by atoms with van der Waals surface area (Å²) in [7, 11) is 0. The van der Waals surface area contributed by atoms with Gasteiger partial charge < -0.3 is 0 Å². The van der Waals surface area contributed by atoms with Gasteiger partial charge in [-0.05, 0) is 19.1 Å². The fourth-order valence-corrected chi connectivity index (χ4v) is 1.48. The van der Waals surface area contributed by atoms with E-state index in [9.17, 15) is 19.7 Å². The van der Waals surface area contributed by atoms with Gasteiger partial charge in [0.15, 0.2) is 6.29 Å². The van der Waals surface area contributed by atoms with E-state index in [0.29, 0.717) is 12.0 Å². The maximum atomic E-state index is 11.4. The monoisotopic (exact) mass is 291 g/mol. The zero-order valence-corrected chi connectivity index (χ0v) is 12.1. The van der Waals surface area contributed by atoms with Crippen molar-refractivity contribution >= 4 is 29.2 Å². The minimum absolute atomic E-state index is 0.0298. The largest absolute Gasteiger partial charge is 0.299 e. The van der Waals surface area contributed by atoms with Crippen LogP contribution in [0, 0.1) is 15.5 Å². The number of hydrogen-bond donors (Lipinski definition) is 1. The molecule has 0 aliphatic carbocycles. The van der Waals surface area contributed by atoms with E-state index < -0.39 is 10.3 Å². The summed E-state index contributed by atoms with van der Waals surface area (Å²) in [6, 6.07) is 5.64. The highest BCUT2D eigenvalue weighted by Gasteiger charge is 2.25. The smallest absolute Gasteiger partial charge is 0.269 e. The number of ketones is 1. The molecule has 0 atom stereocenters. The quantitative estimate of drug-likeness (QED) is 0.360. The van der Waals surface area contributed by atoms with E-state index in [1.165, 1.54) is 31.2 Å². The van der Waals surface area contributed by atoms with Crippen LogP contribution in [0.1, 0.15) is 27.2 Å². The molecular formula is C14H17N3O4. The number of hydrogen-bond acceptors (Lipinski definition) is 6. The second-order valence-corrected chi connectivity index (χ2v) is 5.25. The maximum Gasteiger partial charge on any atom is 0.269 e. The van der Waals surface area contributed by atoms with Gasteiger partial charge in [-0.15, -0.1) is 0 Å². The number of benzene rings is 1. The first-order valence-electron chi connectivity index (χ1n) is 6.29. The molecule has 21 heavy (non-hydrogen) atoms. The van der Waals surface area contributed by atoms with Crippen LogP contribution in [-0.4, -0.2) is 22.7 Å². The Kier molecular flexibility index (Phi) is 5.29. The summed E-state index contributed by atoms with van der Waals surface area (Å²) in [5, 5.41) is 14.5. The van der Waals surface area contributed by atoms with Gasteiger partial charge in [-0.25, -0.2) is 0 Å². The third kappa shape index (κ3) is 4.79. The van der Waals surface area contributed by atoms with E-state index >= 15 is 0 Å². The van der Waals surface area contributed by atoms with Gasteiger partial charge in [-0.1, -0.05) is 13.8 Å². The normalized spacial score (nSPS) is 11.9. The first-order chi connectivity index (χ1) is 9.76. The number of nitrogens with zero attached hydrogens (tertiary/aromatic N) is 2. The Balaban J connectivity index is 2.79. The fourth-order valence-electron chi connectivity index (χ4n) is 1.48. The van der Waals surface area contributed by atoms with Crippen molar-refractivity contribution in [3.05, 3.63) is 34.4 Å². The summed E-state index contributed by atoms with van der Waals surface area (Å²) < 4.78 is 0. The van der Waals surface area contributed by atoms with Gasteiger partial charge in [0.1, 0.15) is 11.5 Å². The number of carbonyl (C=O) groups excluding carboxylic acids is 2. The van der Waals surface area contributed by atoms with Crippen LogP contribution in [0.5, 0.6) is 0 Å². The van der Waals surface area contributed by atoms with Crippen LogP contribution in [0.15, 0.2) is 29.4 Å². The van der Waals surface area contributed by atoms with Gasteiger partial charge in [0.05, 0.1) is 10.6 Å². The Morgan fingerprint density at radius 1 is 1.38 bits per heavy atom. The summed E-state index contributed by atoms with van der Waals surface area (Å²) in [6.45, 7) is 4.94. The van der Waals surface area contributed by atoms with Gasteiger partial charge in [0.2, 0.25) is 0 Å². The van der Waals surface area contributed by atoms with Crippen molar-refractivity contribution in [1.82, 2.24) is 0 Å². The summed E-state index contributed by atoms with van der Waals surface area (Å²) in [5.74, 6) is -0.0348. The van der Waals surface area contributed by atoms with Crippen LogP contribution in [0.2, 0.25) is 0 Å². The highest BCUT2D eigenvalue weighted by molar-refractivity contribution is 6.29. The highest BCUT2D eigenvalue weighted by atomic mass is 16.6. The van der Waals surface area contributed by atoms with Gasteiger partial charge in [-0.3, -0.25) is 25.1 Å². The molecule has 1 aromatic rings. The molecule has 0 radical (unpaired) electrons. The summed E-state index contributed by atoms with van der Waals surface area (Å²) in [5.41, 5.74) is 2.66. The van der Waals surface area contributed by atoms with Crippen molar-refractivity contribution in [2.24, 2.45) is 10.5 Å². The van der Waals surface area contributed by atoms with Crippen molar-refractivity contribution in [3.8, 4) is 0 Å². The van der Waals surface area contributed by atoms with E-state index in [1.807, 2.05) is 0 Å². The Hall–Kier alpha value is -2.57. The SMILES string of the molecule is CC(=O)C(C)(C)C/C(C=O)=N/Nc1ccc([N+](=O)[O-])cc1. The number of hydrazone groups is 1. The second-order valence-electron chi connectivity index (χ2n) is 5.25. The van der Waals surface area contributed by atoms with E-state index in [4.69, 9.17) is 0 Å². The molecule has 0 heterocycles. The molecule has 0 bridgehead atoms. The lowest BCUT2D eigenvalue weighted by atomic mass is 9.83. The summed E-state index contributed by atoms with van der Waals surface area (Å²) in [6.07, 6.45) is 0.800. The van der Waals surface area contributed by atoms with E-state index in [0.717, 1.165) is 0 Å². The number of Topliss-reactive ketones (excluding diaryl/α,β-unsaturated/α-hetero) is 1. The van der Waals surface area contributed by atoms with Crippen LogP contribution >= 0.6 is 0 Å². The summed E-state index contributed by atoms with van der Waals surface area (Å²) >= 11 is 0. The summed E-state index contributed by atoms with van der Waals surface area (Å²) in [4.78, 5) is 32.5. The molecule has 0 spiro atoms. The average Bonchev–Trinajstić information content (AvgIpc) is 2.43. The molecule has 7 nitrogen and oxygen atoms in total. The van der Waals surface area contributed by atoms with Gasteiger partial charge >= 0.3 is 0 Å². The second kappa shape index (κ2) is 6.74. The van der Waals surface area contributed by atoms with E-state index in [2.05, 4.69) is 10.5 Å². The first kappa shape index (κ1) is 16.5. The average molecular weight is 291 g/mol. The molecule has 0 aliphatic rings. The van der Waals surface area contributed by atoms with Crippen LogP contribution in [0.25, 0.3) is 0 Å². The number of nitro groups is 1. The van der Waals surface area contributed by atoms with E-state index in [1.54, 1.807) is 13.8 Å². The fraction of sp³-hybridized carbons (Fsp3) is 0.357. The standard InChI is InChI=1S/C14H17N3O4/c1-10(19)14(2,3)8-12(9-18)16-15-11-4-6-13(7-5-11)17(20)21/h4-7,9,15H,8H2,1-3H3/b16-12-. The van der Waals surface area contributed by atoms with Gasteiger partial charge in [0.25, 0.3) is 5.69 Å². The number of rotatable bonds is 7. The maximum absolute atomic E-state index is 11.4. The lowest BCUT2D eigenvalue weighted by Crippen LogP contribution is -2.26. The minimum Gasteiger partial charge on any atom is -0.299 e. The number of anilines is 1. The number of nitro benzene ring substituents is 1. The van der Waals surface area contributed by atoms with Crippen molar-refractivity contribution in [2.75, 3.05) is 5.43 Å². The molecule has 0 unspecified atom stereocenters. The van der Waals surface area contributed by atoms with Crippen LogP contribution < -0.4 is 5.43 Å². The van der Waals surface area contributed by atoms with Crippen LogP contribution in [-0.2, 0) is 9.59 Å². The number of aldehydes is 1. The Bertz CT molecular complexity index is 576. The molecule has 0 amide bonds. The van der Waals surface area contributed by atoms with Crippen LogP contribution in [0.4, 0.5) is 11.4 Å². The predicted molar refractivity (Wildman–Crippen MR) is 79.3 cm³/mol. The predicted octanol–water partition coefficient (Wildman–Crippen LogP) is 2.57. The molecular weight excluding hydrogens is 274 g/mol. The van der Waals surface area contributed by atoms with Crippen LogP contribution in [0.3, 0.4) is 0 Å². The van der Waals surface area contributed by atoms with Crippen molar-refractivity contribution in [2.45, 2.75) is 27.2 Å². The zero-order chi connectivity index (χ0) is 16.0. The zero-order valence-electron chi connectivity index (χ0n) is 12.1. The third-order valence-corrected chi connectivity index (χ3v) is 3.12. The molecule has 7 heteroatoms. The van der Waals surface area contributed by atoms with Gasteiger partial charge in [0, 0.05) is 24.0 Å². The van der Waals surface area contributed by atoms with Crippen molar-refractivity contribution in [1.29, 1.82) is 0 Å². The Labute approximate surface area is 122 Å². The lowest BCUT2D eigenvalue weighted by molar-refractivity contribution is -0.384. The molecule has 0 aliphatic heterocycles. The number of carbonyl (C=O) groups is 2. The Morgan fingerprint density at radius 2 is 1.95 bits per heavy atom. The number of non-ortho nitro benzene ring substituents is 1. The lowest BCUT2D eigenvalue weighted by Gasteiger charge is -2.19. The molecule has 0 fully saturated rings. The Morgan fingerprint density at radius 3 is 2.38 bits per heavy atom. The highest BCUT2D eigenvalue weighted by Crippen LogP contribution is 2.22. The molecule has 0 aromatic heterocycles. The molecule has 1 rings (SSSR count). The van der Waals surface area contributed by atoms with Gasteiger partial charge in [-0.2, -0.15) is 5.10 Å². The molecule has 1 N–H and O–H groups in total.